The average molecular weight is 200 g/mol. The molecule has 0 saturated heterocycles. The van der Waals surface area contributed by atoms with E-state index >= 15 is 0 Å². The van der Waals surface area contributed by atoms with Gasteiger partial charge in [-0.3, -0.25) is 0 Å². The molecule has 1 aliphatic heterocycles. The van der Waals surface area contributed by atoms with Gasteiger partial charge in [-0.15, -0.1) is 25.6 Å². The third kappa shape index (κ3) is 4.30. The fraction of sp³-hybridized carbons (Fsp3) is 0.455. The molecule has 2 atom stereocenters. The molecular formula is C11H18ClN. The molecule has 13 heavy (non-hydrogen) atoms. The van der Waals surface area contributed by atoms with Gasteiger partial charge in [0.25, 0.3) is 0 Å². The van der Waals surface area contributed by atoms with Gasteiger partial charge in [-0.05, 0) is 19.3 Å². The Hall–Kier alpha value is -0.530. The first kappa shape index (κ1) is 12.5. The monoisotopic (exact) mass is 199 g/mol. The van der Waals surface area contributed by atoms with Crippen LogP contribution in [0.25, 0.3) is 0 Å². The molecule has 1 aliphatic rings. The number of halogens is 1. The van der Waals surface area contributed by atoms with Gasteiger partial charge in [-0.1, -0.05) is 24.3 Å². The van der Waals surface area contributed by atoms with E-state index in [-0.39, 0.29) is 12.4 Å². The van der Waals surface area contributed by atoms with Crippen LogP contribution in [0.3, 0.4) is 0 Å². The van der Waals surface area contributed by atoms with Gasteiger partial charge in [-0.25, -0.2) is 0 Å². The summed E-state index contributed by atoms with van der Waals surface area (Å²) in [5.74, 6) is 0. The third-order valence-corrected chi connectivity index (χ3v) is 2.11. The van der Waals surface area contributed by atoms with E-state index in [1.54, 1.807) is 0 Å². The van der Waals surface area contributed by atoms with Crippen molar-refractivity contribution in [3.05, 3.63) is 37.5 Å². The number of hydrogen-bond donors (Lipinski definition) is 1. The van der Waals surface area contributed by atoms with Crippen molar-refractivity contribution in [3.8, 4) is 0 Å². The molecule has 1 N–H and O–H groups in total. The van der Waals surface area contributed by atoms with Crippen LogP contribution in [0.1, 0.15) is 19.3 Å². The minimum absolute atomic E-state index is 0. The number of nitrogens with one attached hydrogen (secondary N) is 1. The molecule has 0 unspecified atom stereocenters. The maximum atomic E-state index is 3.74. The molecule has 0 aliphatic carbocycles. The summed E-state index contributed by atoms with van der Waals surface area (Å²) in [5.41, 5.74) is 0. The molecule has 0 spiro atoms. The molecule has 0 bridgehead atoms. The van der Waals surface area contributed by atoms with Crippen molar-refractivity contribution in [1.82, 2.24) is 5.32 Å². The fourth-order valence-electron chi connectivity index (χ4n) is 1.53. The van der Waals surface area contributed by atoms with Gasteiger partial charge in [0.1, 0.15) is 0 Å². The normalized spacial score (nSPS) is 26.2. The summed E-state index contributed by atoms with van der Waals surface area (Å²) in [6.45, 7) is 7.47. The van der Waals surface area contributed by atoms with Crippen LogP contribution < -0.4 is 5.32 Å². The Labute approximate surface area is 87.0 Å². The predicted octanol–water partition coefficient (Wildman–Crippen LogP) is 2.85. The Balaban J connectivity index is 0.00000144. The molecule has 0 radical (unpaired) electrons. The van der Waals surface area contributed by atoms with Crippen LogP contribution in [0, 0.1) is 0 Å². The van der Waals surface area contributed by atoms with Crippen molar-refractivity contribution >= 4 is 12.4 Å². The minimum atomic E-state index is 0. The molecule has 0 fully saturated rings. The largest absolute Gasteiger partial charge is 0.307 e. The lowest BCUT2D eigenvalue weighted by atomic mass is 10.0. The zero-order valence-corrected chi connectivity index (χ0v) is 8.72. The van der Waals surface area contributed by atoms with Crippen molar-refractivity contribution in [2.45, 2.75) is 31.3 Å². The predicted molar refractivity (Wildman–Crippen MR) is 61.3 cm³/mol. The molecule has 2 heteroatoms. The molecule has 1 heterocycles. The quantitative estimate of drug-likeness (QED) is 0.687. The van der Waals surface area contributed by atoms with E-state index < -0.39 is 0 Å². The summed E-state index contributed by atoms with van der Waals surface area (Å²) >= 11 is 0. The second-order valence-electron chi connectivity index (χ2n) is 3.18. The second-order valence-corrected chi connectivity index (χ2v) is 3.18. The topological polar surface area (TPSA) is 12.0 Å². The van der Waals surface area contributed by atoms with Crippen molar-refractivity contribution in [2.24, 2.45) is 0 Å². The zero-order valence-electron chi connectivity index (χ0n) is 7.91. The van der Waals surface area contributed by atoms with Gasteiger partial charge in [0, 0.05) is 12.1 Å². The van der Waals surface area contributed by atoms with Crippen molar-refractivity contribution in [1.29, 1.82) is 0 Å². The van der Waals surface area contributed by atoms with E-state index in [2.05, 4.69) is 30.6 Å². The van der Waals surface area contributed by atoms with E-state index in [4.69, 9.17) is 0 Å². The zero-order chi connectivity index (χ0) is 8.81. The Morgan fingerprint density at radius 3 is 2.62 bits per heavy atom. The van der Waals surface area contributed by atoms with Crippen LogP contribution in [0.2, 0.25) is 0 Å². The Morgan fingerprint density at radius 1 is 1.31 bits per heavy atom. The Kier molecular flexibility index (Phi) is 6.65. The fourth-order valence-corrected chi connectivity index (χ4v) is 1.53. The van der Waals surface area contributed by atoms with Gasteiger partial charge >= 0.3 is 0 Å². The summed E-state index contributed by atoms with van der Waals surface area (Å²) < 4.78 is 0. The van der Waals surface area contributed by atoms with Gasteiger partial charge in [-0.2, -0.15) is 0 Å². The molecule has 0 amide bonds. The van der Waals surface area contributed by atoms with Gasteiger partial charge in [0.2, 0.25) is 0 Å². The van der Waals surface area contributed by atoms with Crippen LogP contribution >= 0.6 is 12.4 Å². The van der Waals surface area contributed by atoms with E-state index in [0.29, 0.717) is 12.1 Å². The first-order valence-corrected chi connectivity index (χ1v) is 4.51. The lowest BCUT2D eigenvalue weighted by molar-refractivity contribution is 0.455. The first-order chi connectivity index (χ1) is 5.86. The highest BCUT2D eigenvalue weighted by Crippen LogP contribution is 2.10. The van der Waals surface area contributed by atoms with Crippen molar-refractivity contribution in [3.63, 3.8) is 0 Å². The summed E-state index contributed by atoms with van der Waals surface area (Å²) in [6.07, 6.45) is 11.6. The lowest BCUT2D eigenvalue weighted by Crippen LogP contribution is -2.38. The van der Waals surface area contributed by atoms with Gasteiger partial charge in [0.15, 0.2) is 0 Å². The summed E-state index contributed by atoms with van der Waals surface area (Å²) in [7, 11) is 0. The third-order valence-electron chi connectivity index (χ3n) is 2.11. The molecule has 0 saturated carbocycles. The van der Waals surface area contributed by atoms with E-state index in [9.17, 15) is 0 Å². The van der Waals surface area contributed by atoms with Gasteiger partial charge < -0.3 is 5.32 Å². The molecule has 0 aromatic carbocycles. The molecule has 74 valence electrons. The summed E-state index contributed by atoms with van der Waals surface area (Å²) in [5, 5.41) is 3.53. The first-order valence-electron chi connectivity index (χ1n) is 4.51. The molecule has 1 rings (SSSR count). The smallest absolute Gasteiger partial charge is 0.0287 e. The van der Waals surface area contributed by atoms with E-state index in [1.807, 2.05) is 12.2 Å². The average Bonchev–Trinajstić information content (AvgIpc) is 2.06. The Morgan fingerprint density at radius 2 is 2.00 bits per heavy atom. The maximum Gasteiger partial charge on any atom is 0.0287 e. The molecule has 1 nitrogen and oxygen atoms in total. The van der Waals surface area contributed by atoms with Crippen LogP contribution in [0.5, 0.6) is 0 Å². The highest BCUT2D eigenvalue weighted by atomic mass is 35.5. The van der Waals surface area contributed by atoms with Crippen LogP contribution in [0.4, 0.5) is 0 Å². The van der Waals surface area contributed by atoms with Crippen LogP contribution in [-0.4, -0.2) is 12.1 Å². The van der Waals surface area contributed by atoms with E-state index in [0.717, 1.165) is 19.3 Å². The summed E-state index contributed by atoms with van der Waals surface area (Å²) in [4.78, 5) is 0. The highest BCUT2D eigenvalue weighted by molar-refractivity contribution is 5.85. The molecule has 0 aromatic heterocycles. The lowest BCUT2D eigenvalue weighted by Gasteiger charge is -2.25. The molecular weight excluding hydrogens is 182 g/mol. The van der Waals surface area contributed by atoms with Crippen LogP contribution in [0.15, 0.2) is 37.5 Å². The standard InChI is InChI=1S/C11H17N.ClH/c1-3-6-10-8-5-9-11(12-10)7-4-2;/h3-5,8,10-12H,1-2,6-7,9H2;1H/t10-,11-;/m1./s1. The maximum absolute atomic E-state index is 3.74. The van der Waals surface area contributed by atoms with Crippen molar-refractivity contribution < 1.29 is 0 Å². The Bertz CT molecular complexity index is 187. The SMILES string of the molecule is C=CC[C@@H]1CC=C[C@@H](CC=C)N1.Cl. The van der Waals surface area contributed by atoms with Crippen LogP contribution in [-0.2, 0) is 0 Å². The number of hydrogen-bond acceptors (Lipinski definition) is 1. The van der Waals surface area contributed by atoms with E-state index in [1.165, 1.54) is 0 Å². The van der Waals surface area contributed by atoms with Crippen molar-refractivity contribution in [2.75, 3.05) is 0 Å². The number of rotatable bonds is 4. The van der Waals surface area contributed by atoms with Gasteiger partial charge in [0.05, 0.1) is 0 Å². The second kappa shape index (κ2) is 6.93. The summed E-state index contributed by atoms with van der Waals surface area (Å²) in [6, 6.07) is 1.07. The molecule has 0 aromatic rings. The minimum Gasteiger partial charge on any atom is -0.307 e. The highest BCUT2D eigenvalue weighted by Gasteiger charge is 2.13.